The SMILES string of the molecule is O=C(c1cncc(NC2CC(c3cc(=O)[nH]cn3)C2)n1)N1CCOCC1. The van der Waals surface area contributed by atoms with E-state index in [9.17, 15) is 9.59 Å². The van der Waals surface area contributed by atoms with Gasteiger partial charge < -0.3 is 19.9 Å². The first-order valence-corrected chi connectivity index (χ1v) is 8.69. The van der Waals surface area contributed by atoms with E-state index in [0.29, 0.717) is 37.8 Å². The highest BCUT2D eigenvalue weighted by Gasteiger charge is 2.32. The van der Waals surface area contributed by atoms with Crippen molar-refractivity contribution in [3.05, 3.63) is 46.5 Å². The molecule has 2 N–H and O–H groups in total. The minimum absolute atomic E-state index is 0.122. The van der Waals surface area contributed by atoms with Crippen LogP contribution in [0.3, 0.4) is 0 Å². The number of hydrogen-bond acceptors (Lipinski definition) is 7. The molecular formula is C17H20N6O3. The number of H-pyrrole nitrogens is 1. The Bertz CT molecular complexity index is 842. The molecule has 136 valence electrons. The number of nitrogens with one attached hydrogen (secondary N) is 2. The van der Waals surface area contributed by atoms with E-state index in [2.05, 4.69) is 25.3 Å². The van der Waals surface area contributed by atoms with Crippen molar-refractivity contribution in [1.29, 1.82) is 0 Å². The number of hydrogen-bond donors (Lipinski definition) is 2. The lowest BCUT2D eigenvalue weighted by atomic mass is 9.78. The van der Waals surface area contributed by atoms with Gasteiger partial charge in [0.1, 0.15) is 11.5 Å². The van der Waals surface area contributed by atoms with E-state index in [1.54, 1.807) is 17.2 Å². The molecule has 9 nitrogen and oxygen atoms in total. The maximum Gasteiger partial charge on any atom is 0.274 e. The summed E-state index contributed by atoms with van der Waals surface area (Å²) in [5.74, 6) is 0.732. The van der Waals surface area contributed by atoms with Gasteiger partial charge in [-0.3, -0.25) is 14.6 Å². The first-order chi connectivity index (χ1) is 12.7. The second kappa shape index (κ2) is 7.20. The van der Waals surface area contributed by atoms with Crippen molar-refractivity contribution in [1.82, 2.24) is 24.8 Å². The number of carbonyl (C=O) groups is 1. The zero-order valence-electron chi connectivity index (χ0n) is 14.2. The summed E-state index contributed by atoms with van der Waals surface area (Å²) < 4.78 is 5.27. The molecule has 0 unspecified atom stereocenters. The fourth-order valence-electron chi connectivity index (χ4n) is 3.26. The average Bonchev–Trinajstić information content (AvgIpc) is 2.64. The van der Waals surface area contributed by atoms with E-state index in [1.165, 1.54) is 12.5 Å². The molecule has 1 aliphatic carbocycles. The smallest absolute Gasteiger partial charge is 0.274 e. The summed E-state index contributed by atoms with van der Waals surface area (Å²) in [5.41, 5.74) is 1.02. The zero-order chi connectivity index (χ0) is 17.9. The Hall–Kier alpha value is -2.81. The topological polar surface area (TPSA) is 113 Å². The summed E-state index contributed by atoms with van der Waals surface area (Å²) in [6.45, 7) is 2.26. The Morgan fingerprint density at radius 1 is 1.27 bits per heavy atom. The molecule has 3 heterocycles. The molecule has 0 bridgehead atoms. The highest BCUT2D eigenvalue weighted by molar-refractivity contribution is 5.92. The number of ether oxygens (including phenoxy) is 1. The lowest BCUT2D eigenvalue weighted by molar-refractivity contribution is 0.0299. The van der Waals surface area contributed by atoms with Gasteiger partial charge in [0, 0.05) is 31.1 Å². The van der Waals surface area contributed by atoms with E-state index < -0.39 is 0 Å². The van der Waals surface area contributed by atoms with Gasteiger partial charge in [-0.2, -0.15) is 0 Å². The largest absolute Gasteiger partial charge is 0.378 e. The van der Waals surface area contributed by atoms with Crippen LogP contribution in [-0.2, 0) is 4.74 Å². The lowest BCUT2D eigenvalue weighted by Gasteiger charge is -2.35. The zero-order valence-corrected chi connectivity index (χ0v) is 14.2. The molecule has 2 fully saturated rings. The Balaban J connectivity index is 1.36. The van der Waals surface area contributed by atoms with E-state index in [-0.39, 0.29) is 23.4 Å². The predicted octanol–water partition coefficient (Wildman–Crippen LogP) is 0.390. The van der Waals surface area contributed by atoms with Gasteiger partial charge in [0.05, 0.1) is 37.6 Å². The number of carbonyl (C=O) groups excluding carboxylic acids is 1. The predicted molar refractivity (Wildman–Crippen MR) is 93.0 cm³/mol. The number of morpholine rings is 1. The maximum absolute atomic E-state index is 12.5. The van der Waals surface area contributed by atoms with Crippen LogP contribution in [0.4, 0.5) is 5.82 Å². The molecule has 2 aromatic heterocycles. The lowest BCUT2D eigenvalue weighted by Crippen LogP contribution is -2.41. The molecule has 0 radical (unpaired) electrons. The van der Waals surface area contributed by atoms with Gasteiger partial charge in [-0.05, 0) is 12.8 Å². The van der Waals surface area contributed by atoms with Crippen LogP contribution in [0.25, 0.3) is 0 Å². The molecule has 9 heteroatoms. The Morgan fingerprint density at radius 3 is 2.85 bits per heavy atom. The number of amides is 1. The molecular weight excluding hydrogens is 336 g/mol. The van der Waals surface area contributed by atoms with Crippen LogP contribution in [0, 0.1) is 0 Å². The maximum atomic E-state index is 12.5. The van der Waals surface area contributed by atoms with Gasteiger partial charge in [0.25, 0.3) is 11.5 Å². The van der Waals surface area contributed by atoms with Crippen LogP contribution in [-0.4, -0.2) is 63.1 Å². The summed E-state index contributed by atoms with van der Waals surface area (Å²) in [6, 6.07) is 1.77. The minimum Gasteiger partial charge on any atom is -0.378 e. The van der Waals surface area contributed by atoms with Crippen LogP contribution in [0.1, 0.15) is 34.9 Å². The normalized spacial score (nSPS) is 22.5. The van der Waals surface area contributed by atoms with Gasteiger partial charge >= 0.3 is 0 Å². The molecule has 26 heavy (non-hydrogen) atoms. The fourth-order valence-corrected chi connectivity index (χ4v) is 3.26. The summed E-state index contributed by atoms with van der Waals surface area (Å²) >= 11 is 0. The Labute approximate surface area is 149 Å². The molecule has 0 aromatic carbocycles. The van der Waals surface area contributed by atoms with Gasteiger partial charge in [-0.25, -0.2) is 9.97 Å². The monoisotopic (exact) mass is 356 g/mol. The summed E-state index contributed by atoms with van der Waals surface area (Å²) in [6.07, 6.45) is 6.27. The molecule has 0 atom stereocenters. The minimum atomic E-state index is -0.133. The van der Waals surface area contributed by atoms with Crippen LogP contribution >= 0.6 is 0 Å². The quantitative estimate of drug-likeness (QED) is 0.815. The van der Waals surface area contributed by atoms with Crippen molar-refractivity contribution in [3.8, 4) is 0 Å². The second-order valence-electron chi connectivity index (χ2n) is 6.54. The molecule has 1 saturated heterocycles. The molecule has 0 spiro atoms. The van der Waals surface area contributed by atoms with Crippen molar-refractivity contribution in [3.63, 3.8) is 0 Å². The summed E-state index contributed by atoms with van der Waals surface area (Å²) in [4.78, 5) is 40.9. The number of aromatic nitrogens is 4. The second-order valence-corrected chi connectivity index (χ2v) is 6.54. The van der Waals surface area contributed by atoms with E-state index in [1.807, 2.05) is 0 Å². The van der Waals surface area contributed by atoms with Crippen molar-refractivity contribution >= 4 is 11.7 Å². The first kappa shape index (κ1) is 16.6. The number of nitrogens with zero attached hydrogens (tertiary/aromatic N) is 4. The van der Waals surface area contributed by atoms with Crippen LogP contribution < -0.4 is 10.9 Å². The summed E-state index contributed by atoms with van der Waals surface area (Å²) in [7, 11) is 0. The third-order valence-electron chi connectivity index (χ3n) is 4.76. The van der Waals surface area contributed by atoms with Gasteiger partial charge in [-0.1, -0.05) is 0 Å². The van der Waals surface area contributed by atoms with Crippen molar-refractivity contribution in [2.45, 2.75) is 24.8 Å². The number of rotatable bonds is 4. The van der Waals surface area contributed by atoms with Crippen LogP contribution in [0.15, 0.2) is 29.6 Å². The van der Waals surface area contributed by atoms with Gasteiger partial charge in [0.2, 0.25) is 0 Å². The van der Waals surface area contributed by atoms with Gasteiger partial charge in [-0.15, -0.1) is 0 Å². The number of aromatic amines is 1. The van der Waals surface area contributed by atoms with Crippen LogP contribution in [0.2, 0.25) is 0 Å². The standard InChI is InChI=1S/C17H20N6O3/c24-16-7-13(19-10-20-16)11-5-12(6-11)21-15-9-18-8-14(22-15)17(25)23-1-3-26-4-2-23/h7-12H,1-6H2,(H,21,22)(H,19,20,24). The highest BCUT2D eigenvalue weighted by Crippen LogP contribution is 2.36. The third-order valence-corrected chi connectivity index (χ3v) is 4.76. The third kappa shape index (κ3) is 3.57. The molecule has 2 aromatic rings. The van der Waals surface area contributed by atoms with Gasteiger partial charge in [0.15, 0.2) is 0 Å². The van der Waals surface area contributed by atoms with E-state index in [4.69, 9.17) is 4.74 Å². The molecule has 2 aliphatic rings. The molecule has 1 aliphatic heterocycles. The number of anilines is 1. The van der Waals surface area contributed by atoms with Crippen molar-refractivity contribution in [2.24, 2.45) is 0 Å². The van der Waals surface area contributed by atoms with Crippen molar-refractivity contribution in [2.75, 3.05) is 31.6 Å². The van der Waals surface area contributed by atoms with E-state index in [0.717, 1.165) is 18.5 Å². The highest BCUT2D eigenvalue weighted by atomic mass is 16.5. The molecule has 1 saturated carbocycles. The fraction of sp³-hybridized carbons (Fsp3) is 0.471. The van der Waals surface area contributed by atoms with Crippen molar-refractivity contribution < 1.29 is 9.53 Å². The Morgan fingerprint density at radius 2 is 2.08 bits per heavy atom. The molecule has 1 amide bonds. The average molecular weight is 356 g/mol. The first-order valence-electron chi connectivity index (χ1n) is 8.69. The Kier molecular flexibility index (Phi) is 4.61. The molecule has 4 rings (SSSR count). The summed E-state index contributed by atoms with van der Waals surface area (Å²) in [5, 5.41) is 3.31. The van der Waals surface area contributed by atoms with Crippen LogP contribution in [0.5, 0.6) is 0 Å². The van der Waals surface area contributed by atoms with E-state index >= 15 is 0 Å².